The Bertz CT molecular complexity index is 1270. The van der Waals surface area contributed by atoms with Gasteiger partial charge in [-0.2, -0.15) is 0 Å². The van der Waals surface area contributed by atoms with E-state index in [4.69, 9.17) is 4.99 Å². The fourth-order valence-electron chi connectivity index (χ4n) is 5.83. The Kier molecular flexibility index (Phi) is 6.46. The van der Waals surface area contributed by atoms with E-state index >= 15 is 0 Å². The number of Topliss-reactive ketones (excluding diaryl/α,β-unsaturated/α-hetero) is 3. The van der Waals surface area contributed by atoms with E-state index in [1.165, 1.54) is 5.57 Å². The maximum Gasteiger partial charge on any atom is 0.173 e. The second-order valence-electron chi connectivity index (χ2n) is 10.2. The minimum atomic E-state index is -0.342. The highest BCUT2D eigenvalue weighted by atomic mass is 16.1. The molecule has 0 bridgehead atoms. The van der Waals surface area contributed by atoms with Gasteiger partial charge in [-0.15, -0.1) is 6.58 Å². The number of allylic oxidation sites excluding steroid dienone is 8. The zero-order chi connectivity index (χ0) is 24.5. The maximum absolute atomic E-state index is 13.8. The van der Waals surface area contributed by atoms with Gasteiger partial charge in [-0.1, -0.05) is 59.7 Å². The van der Waals surface area contributed by atoms with Crippen LogP contribution in [0.15, 0.2) is 93.7 Å². The summed E-state index contributed by atoms with van der Waals surface area (Å²) in [4.78, 5) is 44.5. The van der Waals surface area contributed by atoms with Crippen molar-refractivity contribution < 1.29 is 14.4 Å². The number of hydrogen-bond donors (Lipinski definition) is 0. The zero-order valence-corrected chi connectivity index (χ0v) is 20.3. The number of fused-ring (bicyclic) bond motifs is 1. The van der Waals surface area contributed by atoms with Crippen LogP contribution in [0.3, 0.4) is 0 Å². The van der Waals surface area contributed by atoms with E-state index in [9.17, 15) is 14.4 Å². The molecule has 178 valence electrons. The van der Waals surface area contributed by atoms with Gasteiger partial charge in [0.05, 0.1) is 11.6 Å². The van der Waals surface area contributed by atoms with E-state index in [0.29, 0.717) is 38.5 Å². The molecule has 4 nitrogen and oxygen atoms in total. The first-order valence-corrected chi connectivity index (χ1v) is 12.6. The lowest BCUT2D eigenvalue weighted by Gasteiger charge is -2.27. The molecule has 35 heavy (non-hydrogen) atoms. The van der Waals surface area contributed by atoms with Crippen LogP contribution in [0.1, 0.15) is 68.6 Å². The Hall–Kier alpha value is -3.40. The van der Waals surface area contributed by atoms with Gasteiger partial charge in [-0.05, 0) is 56.6 Å². The number of aliphatic imine (C=N–C) groups is 1. The summed E-state index contributed by atoms with van der Waals surface area (Å²) in [7, 11) is 0. The monoisotopic (exact) mass is 465 g/mol. The average molecular weight is 466 g/mol. The van der Waals surface area contributed by atoms with E-state index in [1.54, 1.807) is 0 Å². The molecule has 3 aliphatic carbocycles. The molecule has 2 unspecified atom stereocenters. The number of nitrogens with zero attached hydrogens (tertiary/aromatic N) is 1. The van der Waals surface area contributed by atoms with Gasteiger partial charge in [0.1, 0.15) is 0 Å². The lowest BCUT2D eigenvalue weighted by atomic mass is 9.77. The standard InChI is InChI=1S/C31H31NO3/c1-19(2)16-25-26(14-15-28(33)20-8-6-7-9-20)32-27-18-23-17-22(12-13-24(23)29(27)31(25)35)30(34)21-10-4-3-5-11-21/h3-8,10-11,22,25H,1,9,12-18H2,2H3. The van der Waals surface area contributed by atoms with Crippen molar-refractivity contribution in [2.24, 2.45) is 16.8 Å². The largest absolute Gasteiger partial charge is 0.295 e. The number of benzene rings is 1. The fraction of sp³-hybridized carbons (Fsp3) is 0.355. The molecule has 0 aromatic heterocycles. The molecule has 1 heterocycles. The van der Waals surface area contributed by atoms with Gasteiger partial charge in [-0.3, -0.25) is 19.4 Å². The van der Waals surface area contributed by atoms with E-state index in [2.05, 4.69) is 6.58 Å². The van der Waals surface area contributed by atoms with Crippen molar-refractivity contribution in [3.05, 3.63) is 94.3 Å². The molecule has 1 aliphatic heterocycles. The molecule has 0 fully saturated rings. The van der Waals surface area contributed by atoms with E-state index in [-0.39, 0.29) is 29.2 Å². The van der Waals surface area contributed by atoms with Gasteiger partial charge >= 0.3 is 0 Å². The summed E-state index contributed by atoms with van der Waals surface area (Å²) in [5.74, 6) is 0.0514. The van der Waals surface area contributed by atoms with Gasteiger partial charge in [-0.25, -0.2) is 0 Å². The number of carbonyl (C=O) groups is 3. The summed E-state index contributed by atoms with van der Waals surface area (Å²) in [5.41, 5.74) is 7.29. The van der Waals surface area contributed by atoms with E-state index < -0.39 is 0 Å². The second-order valence-corrected chi connectivity index (χ2v) is 10.2. The van der Waals surface area contributed by atoms with Crippen molar-refractivity contribution in [1.82, 2.24) is 0 Å². The SMILES string of the molecule is C=C(C)CC1C(=O)C2=C(CC3=C2CCC(C(=O)c2ccccc2)C3)N=C1CCC(=O)C1=CC=CC1. The highest BCUT2D eigenvalue weighted by molar-refractivity contribution is 6.18. The van der Waals surface area contributed by atoms with Crippen molar-refractivity contribution >= 4 is 23.1 Å². The van der Waals surface area contributed by atoms with Crippen molar-refractivity contribution in [3.63, 3.8) is 0 Å². The van der Waals surface area contributed by atoms with Crippen LogP contribution in [0.2, 0.25) is 0 Å². The molecule has 0 spiro atoms. The Morgan fingerprint density at radius 1 is 1.17 bits per heavy atom. The number of hydrogen-bond acceptors (Lipinski definition) is 4. The van der Waals surface area contributed by atoms with E-state index in [0.717, 1.165) is 52.1 Å². The highest BCUT2D eigenvalue weighted by Gasteiger charge is 2.41. The van der Waals surface area contributed by atoms with Crippen LogP contribution in [0.25, 0.3) is 0 Å². The summed E-state index contributed by atoms with van der Waals surface area (Å²) in [6.07, 6.45) is 10.7. The summed E-state index contributed by atoms with van der Waals surface area (Å²) < 4.78 is 0. The number of carbonyl (C=O) groups excluding carboxylic acids is 3. The predicted octanol–water partition coefficient (Wildman–Crippen LogP) is 6.47. The van der Waals surface area contributed by atoms with Crippen LogP contribution in [0.4, 0.5) is 0 Å². The summed E-state index contributed by atoms with van der Waals surface area (Å²) in [6, 6.07) is 9.48. The third-order valence-electron chi connectivity index (χ3n) is 7.60. The van der Waals surface area contributed by atoms with Crippen LogP contribution in [0, 0.1) is 11.8 Å². The van der Waals surface area contributed by atoms with E-state index in [1.807, 2.05) is 55.5 Å². The van der Waals surface area contributed by atoms with Gasteiger partial charge in [0, 0.05) is 35.6 Å². The molecule has 2 atom stereocenters. The molecular weight excluding hydrogens is 434 g/mol. The van der Waals surface area contributed by atoms with Gasteiger partial charge in [0.2, 0.25) is 0 Å². The lowest BCUT2D eigenvalue weighted by Crippen LogP contribution is -2.30. The Labute approximate surface area is 206 Å². The molecule has 4 aliphatic rings. The molecule has 0 saturated carbocycles. The summed E-state index contributed by atoms with van der Waals surface area (Å²) in [5, 5.41) is 0. The Morgan fingerprint density at radius 3 is 2.69 bits per heavy atom. The quantitative estimate of drug-likeness (QED) is 0.327. The van der Waals surface area contributed by atoms with Crippen molar-refractivity contribution in [1.29, 1.82) is 0 Å². The second kappa shape index (κ2) is 9.69. The molecule has 1 aromatic rings. The topological polar surface area (TPSA) is 63.6 Å². The highest BCUT2D eigenvalue weighted by Crippen LogP contribution is 2.47. The molecule has 1 aromatic carbocycles. The van der Waals surface area contributed by atoms with Crippen LogP contribution >= 0.6 is 0 Å². The first-order chi connectivity index (χ1) is 16.9. The first-order valence-electron chi connectivity index (χ1n) is 12.6. The molecule has 0 N–H and O–H groups in total. The molecule has 0 amide bonds. The predicted molar refractivity (Wildman–Crippen MR) is 138 cm³/mol. The van der Waals surface area contributed by atoms with Crippen LogP contribution in [-0.4, -0.2) is 23.1 Å². The Morgan fingerprint density at radius 2 is 1.97 bits per heavy atom. The summed E-state index contributed by atoms with van der Waals surface area (Å²) >= 11 is 0. The average Bonchev–Trinajstić information content (AvgIpc) is 3.52. The lowest BCUT2D eigenvalue weighted by molar-refractivity contribution is -0.118. The molecule has 0 saturated heterocycles. The van der Waals surface area contributed by atoms with Gasteiger partial charge in [0.15, 0.2) is 17.3 Å². The third-order valence-corrected chi connectivity index (χ3v) is 7.60. The van der Waals surface area contributed by atoms with Crippen molar-refractivity contribution in [2.75, 3.05) is 0 Å². The van der Waals surface area contributed by atoms with Gasteiger partial charge in [0.25, 0.3) is 0 Å². The third kappa shape index (κ3) is 4.62. The maximum atomic E-state index is 13.8. The normalized spacial score (nSPS) is 23.2. The number of rotatable bonds is 8. The van der Waals surface area contributed by atoms with Crippen molar-refractivity contribution in [2.45, 2.75) is 58.3 Å². The minimum Gasteiger partial charge on any atom is -0.295 e. The first kappa shape index (κ1) is 23.3. The Balaban J connectivity index is 1.35. The van der Waals surface area contributed by atoms with Crippen LogP contribution in [0.5, 0.6) is 0 Å². The summed E-state index contributed by atoms with van der Waals surface area (Å²) in [6.45, 7) is 5.98. The minimum absolute atomic E-state index is 0.0480. The smallest absolute Gasteiger partial charge is 0.173 e. The molecular formula is C31H31NO3. The van der Waals surface area contributed by atoms with Crippen LogP contribution in [-0.2, 0) is 9.59 Å². The van der Waals surface area contributed by atoms with Crippen LogP contribution < -0.4 is 0 Å². The van der Waals surface area contributed by atoms with Crippen molar-refractivity contribution in [3.8, 4) is 0 Å². The molecule has 4 heteroatoms. The fourth-order valence-corrected chi connectivity index (χ4v) is 5.83. The molecule has 0 radical (unpaired) electrons. The zero-order valence-electron chi connectivity index (χ0n) is 20.3. The van der Waals surface area contributed by atoms with Gasteiger partial charge < -0.3 is 0 Å². The number of ketones is 3. The molecule has 5 rings (SSSR count).